The molecule has 0 bridgehead atoms. The minimum absolute atomic E-state index is 0.0397. The largest absolute Gasteiger partial charge is 0.480 e. The molecule has 1 rings (SSSR count). The molecule has 6 heteroatoms. The average Bonchev–Trinajstić information content (AvgIpc) is 2.30. The Labute approximate surface area is 104 Å². The minimum atomic E-state index is -1.12. The first-order valence-electron chi connectivity index (χ1n) is 5.29. The predicted molar refractivity (Wildman–Crippen MR) is 61.8 cm³/mol. The molecule has 1 unspecified atom stereocenters. The van der Waals surface area contributed by atoms with Crippen LogP contribution in [-0.4, -0.2) is 41.6 Å². The number of para-hydroxylation sites is 1. The quantitative estimate of drug-likeness (QED) is 0.856. The third kappa shape index (κ3) is 3.73. The van der Waals surface area contributed by atoms with Crippen LogP contribution in [0.2, 0.25) is 0 Å². The van der Waals surface area contributed by atoms with Crippen LogP contribution in [0.25, 0.3) is 0 Å². The number of carbonyl (C=O) groups is 2. The molecule has 5 nitrogen and oxygen atoms in total. The molecule has 1 aromatic rings. The van der Waals surface area contributed by atoms with Crippen molar-refractivity contribution in [1.29, 1.82) is 0 Å². The van der Waals surface area contributed by atoms with Crippen molar-refractivity contribution in [3.63, 3.8) is 0 Å². The van der Waals surface area contributed by atoms with Crippen LogP contribution in [0, 0.1) is 5.82 Å². The molecule has 1 aromatic carbocycles. The average molecular weight is 255 g/mol. The highest BCUT2D eigenvalue weighted by atomic mass is 19.1. The summed E-state index contributed by atoms with van der Waals surface area (Å²) in [5, 5.41) is 8.55. The van der Waals surface area contributed by atoms with E-state index in [4.69, 9.17) is 9.84 Å². The highest BCUT2D eigenvalue weighted by Crippen LogP contribution is 2.17. The Bertz CT molecular complexity index is 449. The predicted octanol–water partition coefficient (Wildman–Crippen LogP) is 1.14. The van der Waals surface area contributed by atoms with Crippen LogP contribution >= 0.6 is 0 Å². The molecule has 0 radical (unpaired) electrons. The number of likely N-dealkylation sites (N-methyl/N-ethyl adjacent to an activating group) is 1. The zero-order chi connectivity index (χ0) is 13.7. The second-order valence-corrected chi connectivity index (χ2v) is 3.78. The normalized spacial score (nSPS) is 11.7. The third-order valence-corrected chi connectivity index (χ3v) is 2.24. The fourth-order valence-electron chi connectivity index (χ4n) is 1.37. The van der Waals surface area contributed by atoms with Gasteiger partial charge < -0.3 is 14.7 Å². The molecule has 0 aliphatic rings. The van der Waals surface area contributed by atoms with Crippen LogP contribution in [0.3, 0.4) is 0 Å². The van der Waals surface area contributed by atoms with Gasteiger partial charge in [-0.3, -0.25) is 9.59 Å². The summed E-state index contributed by atoms with van der Waals surface area (Å²) in [5.41, 5.74) is 0. The molecule has 0 saturated carbocycles. The smallest absolute Gasteiger partial charge is 0.323 e. The first-order valence-corrected chi connectivity index (χ1v) is 5.29. The van der Waals surface area contributed by atoms with E-state index in [9.17, 15) is 14.0 Å². The van der Waals surface area contributed by atoms with E-state index < -0.39 is 30.3 Å². The fraction of sp³-hybridized carbons (Fsp3) is 0.333. The van der Waals surface area contributed by atoms with E-state index in [1.165, 1.54) is 32.2 Å². The number of halogens is 1. The Balaban J connectivity index is 2.65. The van der Waals surface area contributed by atoms with Crippen LogP contribution in [0.15, 0.2) is 24.3 Å². The zero-order valence-corrected chi connectivity index (χ0v) is 10.1. The van der Waals surface area contributed by atoms with Crippen LogP contribution in [0.1, 0.15) is 6.92 Å². The minimum Gasteiger partial charge on any atom is -0.480 e. The number of carbonyl (C=O) groups excluding carboxylic acids is 1. The molecule has 0 heterocycles. The maximum Gasteiger partial charge on any atom is 0.323 e. The van der Waals surface area contributed by atoms with Gasteiger partial charge in [-0.15, -0.1) is 0 Å². The molecule has 0 aromatic heterocycles. The van der Waals surface area contributed by atoms with Crippen molar-refractivity contribution in [2.24, 2.45) is 0 Å². The van der Waals surface area contributed by atoms with Gasteiger partial charge in [-0.05, 0) is 19.1 Å². The molecule has 0 aliphatic heterocycles. The van der Waals surface area contributed by atoms with Crippen molar-refractivity contribution in [1.82, 2.24) is 4.90 Å². The third-order valence-electron chi connectivity index (χ3n) is 2.24. The van der Waals surface area contributed by atoms with Crippen LogP contribution in [-0.2, 0) is 9.59 Å². The molecule has 1 N–H and O–H groups in total. The van der Waals surface area contributed by atoms with E-state index in [2.05, 4.69) is 0 Å². The van der Waals surface area contributed by atoms with E-state index in [0.29, 0.717) is 0 Å². The SMILES string of the molecule is CC(Oc1ccccc1F)C(=O)N(C)CC(=O)O. The Morgan fingerprint density at radius 2 is 2.06 bits per heavy atom. The monoisotopic (exact) mass is 255 g/mol. The maximum absolute atomic E-state index is 13.3. The second-order valence-electron chi connectivity index (χ2n) is 3.78. The number of rotatable bonds is 5. The Morgan fingerprint density at radius 3 is 2.61 bits per heavy atom. The number of benzene rings is 1. The van der Waals surface area contributed by atoms with E-state index in [1.807, 2.05) is 0 Å². The summed E-state index contributed by atoms with van der Waals surface area (Å²) in [6.07, 6.45) is -0.953. The molecule has 0 spiro atoms. The molecular weight excluding hydrogens is 241 g/mol. The number of aliphatic carboxylic acids is 1. The topological polar surface area (TPSA) is 66.8 Å². The van der Waals surface area contributed by atoms with Crippen molar-refractivity contribution >= 4 is 11.9 Å². The van der Waals surface area contributed by atoms with Crippen molar-refractivity contribution in [2.45, 2.75) is 13.0 Å². The van der Waals surface area contributed by atoms with Gasteiger partial charge in [-0.2, -0.15) is 0 Å². The molecular formula is C12H14FNO4. The van der Waals surface area contributed by atoms with Gasteiger partial charge in [0, 0.05) is 7.05 Å². The molecule has 0 aliphatic carbocycles. The van der Waals surface area contributed by atoms with Crippen molar-refractivity contribution in [3.05, 3.63) is 30.1 Å². The lowest BCUT2D eigenvalue weighted by atomic mass is 10.3. The van der Waals surface area contributed by atoms with Gasteiger partial charge in [0.05, 0.1) is 0 Å². The van der Waals surface area contributed by atoms with Gasteiger partial charge in [-0.1, -0.05) is 12.1 Å². The maximum atomic E-state index is 13.3. The van der Waals surface area contributed by atoms with Gasteiger partial charge >= 0.3 is 5.97 Å². The number of amides is 1. The summed E-state index contributed by atoms with van der Waals surface area (Å²) in [5.74, 6) is -2.26. The summed E-state index contributed by atoms with van der Waals surface area (Å²) < 4.78 is 18.4. The summed E-state index contributed by atoms with van der Waals surface area (Å²) in [6.45, 7) is 1.01. The molecule has 0 fully saturated rings. The Morgan fingerprint density at radius 1 is 1.44 bits per heavy atom. The highest BCUT2D eigenvalue weighted by molar-refractivity contribution is 5.84. The molecule has 1 atom stereocenters. The van der Waals surface area contributed by atoms with Gasteiger partial charge in [0.25, 0.3) is 5.91 Å². The number of hydrogen-bond donors (Lipinski definition) is 1. The summed E-state index contributed by atoms with van der Waals surface area (Å²) in [7, 11) is 1.34. The lowest BCUT2D eigenvalue weighted by Gasteiger charge is -2.20. The summed E-state index contributed by atoms with van der Waals surface area (Å²) >= 11 is 0. The van der Waals surface area contributed by atoms with Gasteiger partial charge in [-0.25, -0.2) is 4.39 Å². The standard InChI is InChI=1S/C12H14FNO4/c1-8(12(17)14(2)7-11(15)16)18-10-6-4-3-5-9(10)13/h3-6,8H,7H2,1-2H3,(H,15,16). The van der Waals surface area contributed by atoms with Gasteiger partial charge in [0.15, 0.2) is 17.7 Å². The van der Waals surface area contributed by atoms with Crippen LogP contribution < -0.4 is 4.74 Å². The highest BCUT2D eigenvalue weighted by Gasteiger charge is 2.21. The van der Waals surface area contributed by atoms with Crippen LogP contribution in [0.5, 0.6) is 5.75 Å². The van der Waals surface area contributed by atoms with Crippen molar-refractivity contribution in [3.8, 4) is 5.75 Å². The lowest BCUT2D eigenvalue weighted by Crippen LogP contribution is -2.40. The molecule has 18 heavy (non-hydrogen) atoms. The van der Waals surface area contributed by atoms with Crippen molar-refractivity contribution < 1.29 is 23.8 Å². The van der Waals surface area contributed by atoms with E-state index in [-0.39, 0.29) is 5.75 Å². The van der Waals surface area contributed by atoms with Crippen molar-refractivity contribution in [2.75, 3.05) is 13.6 Å². The second kappa shape index (κ2) is 6.00. The molecule has 98 valence electrons. The van der Waals surface area contributed by atoms with Gasteiger partial charge in [0.2, 0.25) is 0 Å². The zero-order valence-electron chi connectivity index (χ0n) is 10.1. The number of nitrogens with zero attached hydrogens (tertiary/aromatic N) is 1. The Kier molecular flexibility index (Phi) is 4.65. The van der Waals surface area contributed by atoms with E-state index >= 15 is 0 Å². The number of carboxylic acids is 1. The number of carboxylic acid groups (broad SMARTS) is 1. The first kappa shape index (κ1) is 14.0. The summed E-state index contributed by atoms with van der Waals surface area (Å²) in [6, 6.07) is 5.70. The Hall–Kier alpha value is -2.11. The molecule has 1 amide bonds. The summed E-state index contributed by atoms with van der Waals surface area (Å²) in [4.78, 5) is 23.2. The fourth-order valence-corrected chi connectivity index (χ4v) is 1.37. The first-order chi connectivity index (χ1) is 8.41. The van der Waals surface area contributed by atoms with E-state index in [1.54, 1.807) is 6.07 Å². The number of hydrogen-bond acceptors (Lipinski definition) is 3. The van der Waals surface area contributed by atoms with E-state index in [0.717, 1.165) is 4.90 Å². The molecule has 0 saturated heterocycles. The number of ether oxygens (including phenoxy) is 1. The van der Waals surface area contributed by atoms with Gasteiger partial charge in [0.1, 0.15) is 6.54 Å². The van der Waals surface area contributed by atoms with Crippen LogP contribution in [0.4, 0.5) is 4.39 Å². The lowest BCUT2D eigenvalue weighted by molar-refractivity contribution is -0.146.